The number of carbonyl (C=O) groups is 1. The number of ether oxygens (including phenoxy) is 1. The highest BCUT2D eigenvalue weighted by Gasteiger charge is 2.06. The SMILES string of the molecule is CNC(=O)CN[C@@H](C)c1ccc(OC)cc1. The van der Waals surface area contributed by atoms with Crippen LogP contribution < -0.4 is 15.4 Å². The number of nitrogens with one attached hydrogen (secondary N) is 2. The summed E-state index contributed by atoms with van der Waals surface area (Å²) in [6.45, 7) is 2.34. The van der Waals surface area contributed by atoms with Crippen LogP contribution in [0.1, 0.15) is 18.5 Å². The van der Waals surface area contributed by atoms with E-state index >= 15 is 0 Å². The van der Waals surface area contributed by atoms with Crippen molar-refractivity contribution >= 4 is 5.91 Å². The second kappa shape index (κ2) is 6.12. The molecule has 0 saturated carbocycles. The molecule has 4 nitrogen and oxygen atoms in total. The monoisotopic (exact) mass is 222 g/mol. The van der Waals surface area contributed by atoms with Crippen molar-refractivity contribution in [1.29, 1.82) is 0 Å². The van der Waals surface area contributed by atoms with E-state index in [1.807, 2.05) is 31.2 Å². The quantitative estimate of drug-likeness (QED) is 0.784. The van der Waals surface area contributed by atoms with Crippen LogP contribution in [0.25, 0.3) is 0 Å². The molecule has 4 heteroatoms. The second-order valence-corrected chi connectivity index (χ2v) is 3.55. The molecule has 0 bridgehead atoms. The van der Waals surface area contributed by atoms with Crippen LogP contribution in [0.2, 0.25) is 0 Å². The van der Waals surface area contributed by atoms with Gasteiger partial charge in [-0.3, -0.25) is 4.79 Å². The maximum Gasteiger partial charge on any atom is 0.233 e. The highest BCUT2D eigenvalue weighted by molar-refractivity contribution is 5.77. The molecule has 2 N–H and O–H groups in total. The summed E-state index contributed by atoms with van der Waals surface area (Å²) in [4.78, 5) is 11.1. The van der Waals surface area contributed by atoms with E-state index in [2.05, 4.69) is 10.6 Å². The van der Waals surface area contributed by atoms with Gasteiger partial charge in [0.25, 0.3) is 0 Å². The first-order chi connectivity index (χ1) is 7.67. The lowest BCUT2D eigenvalue weighted by atomic mass is 10.1. The summed E-state index contributed by atoms with van der Waals surface area (Å²) in [5.41, 5.74) is 1.13. The highest BCUT2D eigenvalue weighted by Crippen LogP contribution is 2.16. The van der Waals surface area contributed by atoms with E-state index in [4.69, 9.17) is 4.74 Å². The Morgan fingerprint density at radius 2 is 2.00 bits per heavy atom. The van der Waals surface area contributed by atoms with Crippen molar-refractivity contribution in [2.45, 2.75) is 13.0 Å². The number of methoxy groups -OCH3 is 1. The largest absolute Gasteiger partial charge is 0.497 e. The Balaban J connectivity index is 2.52. The van der Waals surface area contributed by atoms with Gasteiger partial charge in [0, 0.05) is 13.1 Å². The first kappa shape index (κ1) is 12.5. The van der Waals surface area contributed by atoms with Gasteiger partial charge in [0.2, 0.25) is 5.91 Å². The van der Waals surface area contributed by atoms with Crippen LogP contribution in [-0.4, -0.2) is 26.6 Å². The van der Waals surface area contributed by atoms with Gasteiger partial charge in [0.1, 0.15) is 5.75 Å². The van der Waals surface area contributed by atoms with Crippen LogP contribution in [-0.2, 0) is 4.79 Å². The average molecular weight is 222 g/mol. The Kier molecular flexibility index (Phi) is 4.79. The van der Waals surface area contributed by atoms with E-state index in [0.29, 0.717) is 6.54 Å². The van der Waals surface area contributed by atoms with Gasteiger partial charge in [-0.15, -0.1) is 0 Å². The van der Waals surface area contributed by atoms with Crippen LogP contribution in [0.5, 0.6) is 5.75 Å². The number of likely N-dealkylation sites (N-methyl/N-ethyl adjacent to an activating group) is 1. The van der Waals surface area contributed by atoms with E-state index in [-0.39, 0.29) is 11.9 Å². The van der Waals surface area contributed by atoms with Crippen molar-refractivity contribution in [2.24, 2.45) is 0 Å². The van der Waals surface area contributed by atoms with Crippen molar-refractivity contribution in [3.8, 4) is 5.75 Å². The molecule has 1 aromatic rings. The molecule has 0 unspecified atom stereocenters. The zero-order valence-corrected chi connectivity index (χ0v) is 9.91. The summed E-state index contributed by atoms with van der Waals surface area (Å²) < 4.78 is 5.08. The normalized spacial score (nSPS) is 11.9. The lowest BCUT2D eigenvalue weighted by Crippen LogP contribution is -2.32. The van der Waals surface area contributed by atoms with Crippen molar-refractivity contribution in [1.82, 2.24) is 10.6 Å². The molecule has 1 atom stereocenters. The minimum Gasteiger partial charge on any atom is -0.497 e. The van der Waals surface area contributed by atoms with Gasteiger partial charge in [0.15, 0.2) is 0 Å². The van der Waals surface area contributed by atoms with Crippen molar-refractivity contribution < 1.29 is 9.53 Å². The molecule has 0 radical (unpaired) electrons. The smallest absolute Gasteiger partial charge is 0.233 e. The third kappa shape index (κ3) is 3.55. The molecule has 0 aliphatic carbocycles. The number of benzene rings is 1. The maximum atomic E-state index is 11.1. The summed E-state index contributed by atoms with van der Waals surface area (Å²) in [5, 5.41) is 5.70. The summed E-state index contributed by atoms with van der Waals surface area (Å²) in [6, 6.07) is 7.94. The van der Waals surface area contributed by atoms with Crippen LogP contribution in [0.4, 0.5) is 0 Å². The van der Waals surface area contributed by atoms with E-state index < -0.39 is 0 Å². The van der Waals surface area contributed by atoms with Gasteiger partial charge in [0.05, 0.1) is 13.7 Å². The molecular weight excluding hydrogens is 204 g/mol. The van der Waals surface area contributed by atoms with Crippen LogP contribution >= 0.6 is 0 Å². The Morgan fingerprint density at radius 3 is 2.50 bits per heavy atom. The Hall–Kier alpha value is -1.55. The number of amides is 1. The number of rotatable bonds is 5. The van der Waals surface area contributed by atoms with E-state index in [1.54, 1.807) is 14.2 Å². The molecule has 1 amide bonds. The molecule has 0 aliphatic rings. The fourth-order valence-electron chi connectivity index (χ4n) is 1.34. The van der Waals surface area contributed by atoms with Gasteiger partial charge in [-0.2, -0.15) is 0 Å². The summed E-state index contributed by atoms with van der Waals surface area (Å²) in [6.07, 6.45) is 0. The molecule has 0 saturated heterocycles. The van der Waals surface area contributed by atoms with Gasteiger partial charge >= 0.3 is 0 Å². The summed E-state index contributed by atoms with van der Waals surface area (Å²) in [5.74, 6) is 0.822. The lowest BCUT2D eigenvalue weighted by molar-refractivity contribution is -0.119. The fraction of sp³-hybridized carbons (Fsp3) is 0.417. The Labute approximate surface area is 96.0 Å². The minimum absolute atomic E-state index is 0.0136. The molecule has 1 rings (SSSR count). The number of hydrogen-bond acceptors (Lipinski definition) is 3. The number of carbonyl (C=O) groups excluding carboxylic acids is 1. The molecule has 0 heterocycles. The van der Waals surface area contributed by atoms with Gasteiger partial charge in [-0.05, 0) is 24.6 Å². The Morgan fingerprint density at radius 1 is 1.38 bits per heavy atom. The third-order valence-corrected chi connectivity index (χ3v) is 2.46. The molecule has 0 spiro atoms. The van der Waals surface area contributed by atoms with Gasteiger partial charge < -0.3 is 15.4 Å². The van der Waals surface area contributed by atoms with E-state index in [1.165, 1.54) is 0 Å². The van der Waals surface area contributed by atoms with Gasteiger partial charge in [-0.25, -0.2) is 0 Å². The molecule has 0 aromatic heterocycles. The highest BCUT2D eigenvalue weighted by atomic mass is 16.5. The van der Waals surface area contributed by atoms with Crippen molar-refractivity contribution in [3.63, 3.8) is 0 Å². The van der Waals surface area contributed by atoms with Gasteiger partial charge in [-0.1, -0.05) is 12.1 Å². The zero-order chi connectivity index (χ0) is 12.0. The average Bonchev–Trinajstić information content (AvgIpc) is 2.35. The van der Waals surface area contributed by atoms with Crippen molar-refractivity contribution in [2.75, 3.05) is 20.7 Å². The van der Waals surface area contributed by atoms with E-state index in [9.17, 15) is 4.79 Å². The summed E-state index contributed by atoms with van der Waals surface area (Å²) >= 11 is 0. The lowest BCUT2D eigenvalue weighted by Gasteiger charge is -2.13. The van der Waals surface area contributed by atoms with Crippen LogP contribution in [0, 0.1) is 0 Å². The molecular formula is C12H18N2O2. The minimum atomic E-state index is -0.0136. The molecule has 0 fully saturated rings. The van der Waals surface area contributed by atoms with Crippen molar-refractivity contribution in [3.05, 3.63) is 29.8 Å². The first-order valence-corrected chi connectivity index (χ1v) is 5.25. The summed E-state index contributed by atoms with van der Waals surface area (Å²) in [7, 11) is 3.27. The second-order valence-electron chi connectivity index (χ2n) is 3.55. The van der Waals surface area contributed by atoms with E-state index in [0.717, 1.165) is 11.3 Å². The third-order valence-electron chi connectivity index (χ3n) is 2.46. The zero-order valence-electron chi connectivity index (χ0n) is 9.91. The topological polar surface area (TPSA) is 50.4 Å². The molecule has 0 aliphatic heterocycles. The molecule has 88 valence electrons. The maximum absolute atomic E-state index is 11.1. The molecule has 1 aromatic carbocycles. The van der Waals surface area contributed by atoms with Crippen LogP contribution in [0.15, 0.2) is 24.3 Å². The predicted molar refractivity (Wildman–Crippen MR) is 63.5 cm³/mol. The standard InChI is InChI=1S/C12H18N2O2/c1-9(14-8-12(15)13-2)10-4-6-11(16-3)7-5-10/h4-7,9,14H,8H2,1-3H3,(H,13,15)/t9-/m0/s1. The molecule has 16 heavy (non-hydrogen) atoms. The number of hydrogen-bond donors (Lipinski definition) is 2. The fourth-order valence-corrected chi connectivity index (χ4v) is 1.34. The predicted octanol–water partition coefficient (Wildman–Crippen LogP) is 1.09. The Bertz CT molecular complexity index is 335. The van der Waals surface area contributed by atoms with Crippen LogP contribution in [0.3, 0.4) is 0 Å². The first-order valence-electron chi connectivity index (χ1n) is 5.25.